The quantitative estimate of drug-likeness (QED) is 0.158. The standard InChI is InChI=1S/C56H36N2O/c1-2-17-40-38(16-1)36-54(43-19-4-3-18-42(40)43)57(39-34-32-37(33-35-39)41-25-15-26-49-48-24-9-14-31-55(48)59-56(41)49)50-27-10-5-20-44(50)45-21-6-11-28-51(45)58-52-29-12-7-22-46(52)47-23-8-13-30-53(47)58/h1-36H. The Kier molecular flexibility index (Phi) is 7.54. The minimum Gasteiger partial charge on any atom is -0.455 e. The van der Waals surface area contributed by atoms with Crippen LogP contribution in [0.2, 0.25) is 0 Å². The van der Waals surface area contributed by atoms with Gasteiger partial charge in [0.15, 0.2) is 0 Å². The molecule has 0 aliphatic rings. The molecule has 276 valence electrons. The zero-order valence-corrected chi connectivity index (χ0v) is 32.1. The van der Waals surface area contributed by atoms with Gasteiger partial charge in [0.05, 0.1) is 28.1 Å². The molecule has 0 saturated carbocycles. The molecule has 0 saturated heterocycles. The van der Waals surface area contributed by atoms with Crippen molar-refractivity contribution in [3.8, 4) is 27.9 Å². The van der Waals surface area contributed by atoms with Gasteiger partial charge in [-0.25, -0.2) is 0 Å². The fraction of sp³-hybridized carbons (Fsp3) is 0. The van der Waals surface area contributed by atoms with Gasteiger partial charge in [-0.3, -0.25) is 0 Å². The molecule has 10 aromatic carbocycles. The van der Waals surface area contributed by atoms with Crippen LogP contribution in [0.5, 0.6) is 0 Å². The van der Waals surface area contributed by atoms with E-state index in [0.717, 1.165) is 66.9 Å². The Labute approximate surface area is 341 Å². The Morgan fingerprint density at radius 3 is 1.69 bits per heavy atom. The molecule has 3 nitrogen and oxygen atoms in total. The van der Waals surface area contributed by atoms with Gasteiger partial charge in [0.1, 0.15) is 11.2 Å². The molecule has 2 heterocycles. The first-order valence-electron chi connectivity index (χ1n) is 20.2. The molecule has 0 unspecified atom stereocenters. The van der Waals surface area contributed by atoms with Crippen LogP contribution < -0.4 is 4.90 Å². The Hall–Kier alpha value is -7.88. The monoisotopic (exact) mass is 752 g/mol. The summed E-state index contributed by atoms with van der Waals surface area (Å²) in [4.78, 5) is 2.46. The number of aromatic nitrogens is 1. The number of furan rings is 1. The highest BCUT2D eigenvalue weighted by molar-refractivity contribution is 6.16. The summed E-state index contributed by atoms with van der Waals surface area (Å²) in [5.74, 6) is 0. The normalized spacial score (nSPS) is 11.7. The summed E-state index contributed by atoms with van der Waals surface area (Å²) in [5, 5.41) is 9.60. The Bertz CT molecular complexity index is 3520. The first-order valence-corrected chi connectivity index (χ1v) is 20.2. The second kappa shape index (κ2) is 13.4. The molecule has 0 aliphatic carbocycles. The number of nitrogens with zero attached hydrogens (tertiary/aromatic N) is 2. The zero-order chi connectivity index (χ0) is 38.9. The molecule has 0 radical (unpaired) electrons. The highest BCUT2D eigenvalue weighted by atomic mass is 16.3. The van der Waals surface area contributed by atoms with Crippen molar-refractivity contribution in [3.63, 3.8) is 0 Å². The predicted molar refractivity (Wildman–Crippen MR) is 249 cm³/mol. The van der Waals surface area contributed by atoms with E-state index in [0.29, 0.717) is 0 Å². The second-order valence-electron chi connectivity index (χ2n) is 15.2. The molecule has 2 aromatic heterocycles. The highest BCUT2D eigenvalue weighted by Crippen LogP contribution is 2.47. The summed E-state index contributed by atoms with van der Waals surface area (Å²) in [6.45, 7) is 0. The Morgan fingerprint density at radius 1 is 0.356 bits per heavy atom. The van der Waals surface area contributed by atoms with Gasteiger partial charge in [-0.1, -0.05) is 170 Å². The largest absolute Gasteiger partial charge is 0.455 e. The van der Waals surface area contributed by atoms with Crippen molar-refractivity contribution < 1.29 is 4.42 Å². The van der Waals surface area contributed by atoms with Crippen molar-refractivity contribution in [2.24, 2.45) is 0 Å². The lowest BCUT2D eigenvalue weighted by Gasteiger charge is -2.30. The molecule has 0 spiro atoms. The van der Waals surface area contributed by atoms with E-state index in [9.17, 15) is 0 Å². The minimum absolute atomic E-state index is 0.902. The van der Waals surface area contributed by atoms with Crippen molar-refractivity contribution in [2.45, 2.75) is 0 Å². The summed E-state index contributed by atoms with van der Waals surface area (Å²) >= 11 is 0. The van der Waals surface area contributed by atoms with Gasteiger partial charge in [-0.15, -0.1) is 0 Å². The molecular weight excluding hydrogens is 717 g/mol. The zero-order valence-electron chi connectivity index (χ0n) is 32.1. The maximum absolute atomic E-state index is 6.49. The van der Waals surface area contributed by atoms with E-state index in [1.54, 1.807) is 0 Å². The smallest absolute Gasteiger partial charge is 0.143 e. The summed E-state index contributed by atoms with van der Waals surface area (Å²) in [6, 6.07) is 78.8. The third-order valence-electron chi connectivity index (χ3n) is 12.0. The van der Waals surface area contributed by atoms with Gasteiger partial charge in [0, 0.05) is 49.3 Å². The number of benzene rings is 10. The van der Waals surface area contributed by atoms with E-state index in [1.165, 1.54) is 43.4 Å². The summed E-state index contributed by atoms with van der Waals surface area (Å²) in [5.41, 5.74) is 13.1. The van der Waals surface area contributed by atoms with Crippen molar-refractivity contribution in [1.82, 2.24) is 4.57 Å². The molecule has 3 heteroatoms. The lowest BCUT2D eigenvalue weighted by molar-refractivity contribution is 0.670. The molecule has 0 amide bonds. The van der Waals surface area contributed by atoms with Crippen molar-refractivity contribution in [1.29, 1.82) is 0 Å². The van der Waals surface area contributed by atoms with Gasteiger partial charge >= 0.3 is 0 Å². The third kappa shape index (κ3) is 5.22. The molecule has 0 aliphatic heterocycles. The first-order chi connectivity index (χ1) is 29.3. The highest BCUT2D eigenvalue weighted by Gasteiger charge is 2.23. The van der Waals surface area contributed by atoms with Crippen molar-refractivity contribution in [3.05, 3.63) is 218 Å². The molecule has 0 bridgehead atoms. The molecule has 0 fully saturated rings. The van der Waals surface area contributed by atoms with E-state index in [4.69, 9.17) is 4.42 Å². The van der Waals surface area contributed by atoms with Crippen LogP contribution >= 0.6 is 0 Å². The van der Waals surface area contributed by atoms with Crippen LogP contribution in [0.15, 0.2) is 223 Å². The second-order valence-corrected chi connectivity index (χ2v) is 15.2. The lowest BCUT2D eigenvalue weighted by Crippen LogP contribution is -2.12. The summed E-state index contributed by atoms with van der Waals surface area (Å²) < 4.78 is 8.92. The fourth-order valence-corrected chi connectivity index (χ4v) is 9.37. The maximum Gasteiger partial charge on any atom is 0.143 e. The molecule has 12 aromatic rings. The first kappa shape index (κ1) is 33.3. The van der Waals surface area contributed by atoms with E-state index in [-0.39, 0.29) is 0 Å². The number of anilines is 3. The number of fused-ring (bicyclic) bond motifs is 9. The van der Waals surface area contributed by atoms with Crippen LogP contribution in [0.3, 0.4) is 0 Å². The minimum atomic E-state index is 0.902. The Balaban J connectivity index is 1.10. The van der Waals surface area contributed by atoms with Crippen LogP contribution in [0, 0.1) is 0 Å². The number of hydrogen-bond donors (Lipinski definition) is 0. The summed E-state index contributed by atoms with van der Waals surface area (Å²) in [6.07, 6.45) is 0. The molecule has 12 rings (SSSR count). The van der Waals surface area contributed by atoms with Crippen LogP contribution in [-0.4, -0.2) is 4.57 Å². The van der Waals surface area contributed by atoms with Crippen LogP contribution in [0.4, 0.5) is 17.1 Å². The van der Waals surface area contributed by atoms with Gasteiger partial charge in [0.25, 0.3) is 0 Å². The van der Waals surface area contributed by atoms with Gasteiger partial charge in [-0.05, 0) is 70.3 Å². The SMILES string of the molecule is c1ccc(N(c2ccc(-c3cccc4c3oc3ccccc34)cc2)c2cc3ccccc3c3ccccc23)c(-c2ccccc2-n2c3ccccc3c3ccccc32)c1. The van der Waals surface area contributed by atoms with Crippen molar-refractivity contribution >= 4 is 82.4 Å². The lowest BCUT2D eigenvalue weighted by atomic mass is 9.96. The average Bonchev–Trinajstić information content (AvgIpc) is 3.86. The van der Waals surface area contributed by atoms with Gasteiger partial charge in [-0.2, -0.15) is 0 Å². The molecular formula is C56H36N2O. The van der Waals surface area contributed by atoms with Gasteiger partial charge in [0.2, 0.25) is 0 Å². The van der Waals surface area contributed by atoms with Gasteiger partial charge < -0.3 is 13.9 Å². The number of rotatable bonds is 6. The average molecular weight is 753 g/mol. The topological polar surface area (TPSA) is 21.3 Å². The van der Waals surface area contributed by atoms with E-state index in [2.05, 4.69) is 216 Å². The fourth-order valence-electron chi connectivity index (χ4n) is 9.37. The number of para-hydroxylation sites is 6. The van der Waals surface area contributed by atoms with E-state index < -0.39 is 0 Å². The number of hydrogen-bond acceptors (Lipinski definition) is 2. The summed E-state index contributed by atoms with van der Waals surface area (Å²) in [7, 11) is 0. The van der Waals surface area contributed by atoms with Crippen LogP contribution in [0.25, 0.3) is 93.2 Å². The van der Waals surface area contributed by atoms with Crippen molar-refractivity contribution in [2.75, 3.05) is 4.90 Å². The third-order valence-corrected chi connectivity index (χ3v) is 12.0. The Morgan fingerprint density at radius 2 is 0.915 bits per heavy atom. The molecule has 59 heavy (non-hydrogen) atoms. The maximum atomic E-state index is 6.49. The molecule has 0 N–H and O–H groups in total. The van der Waals surface area contributed by atoms with Crippen LogP contribution in [0.1, 0.15) is 0 Å². The van der Waals surface area contributed by atoms with Crippen LogP contribution in [-0.2, 0) is 0 Å². The van der Waals surface area contributed by atoms with E-state index >= 15 is 0 Å². The molecule has 0 atom stereocenters. The predicted octanol–water partition coefficient (Wildman–Crippen LogP) is 15.8. The van der Waals surface area contributed by atoms with E-state index in [1.807, 2.05) is 12.1 Å².